The van der Waals surface area contributed by atoms with E-state index in [1.807, 2.05) is 19.9 Å². The molecule has 6 nitrogen and oxygen atoms in total. The van der Waals surface area contributed by atoms with Gasteiger partial charge in [-0.25, -0.2) is 4.98 Å². The van der Waals surface area contributed by atoms with E-state index in [0.29, 0.717) is 11.9 Å². The van der Waals surface area contributed by atoms with Crippen LogP contribution in [0.15, 0.2) is 6.07 Å². The number of anilines is 2. The fraction of sp³-hybridized carbons (Fsp3) is 0.722. The molecule has 3 rings (SSSR count). The molecule has 6 heteroatoms. The average Bonchev–Trinajstić information content (AvgIpc) is 2.62. The lowest BCUT2D eigenvalue weighted by atomic mass is 9.88. The molecule has 132 valence electrons. The first-order chi connectivity index (χ1) is 11.7. The minimum atomic E-state index is 0.270. The monoisotopic (exact) mass is 331 g/mol. The Kier molecular flexibility index (Phi) is 5.53. The predicted octanol–water partition coefficient (Wildman–Crippen LogP) is 2.45. The Labute approximate surface area is 144 Å². The van der Waals surface area contributed by atoms with Crippen LogP contribution in [0.3, 0.4) is 0 Å². The van der Waals surface area contributed by atoms with Gasteiger partial charge in [0.2, 0.25) is 11.9 Å². The highest BCUT2D eigenvalue weighted by molar-refractivity contribution is 5.79. The number of carbonyl (C=O) groups excluding carboxylic acids is 1. The average molecular weight is 331 g/mol. The summed E-state index contributed by atoms with van der Waals surface area (Å²) in [6.07, 6.45) is 5.87. The van der Waals surface area contributed by atoms with E-state index in [1.54, 1.807) is 0 Å². The highest BCUT2D eigenvalue weighted by Gasteiger charge is 2.28. The van der Waals surface area contributed by atoms with Crippen LogP contribution in [-0.2, 0) is 4.79 Å². The summed E-state index contributed by atoms with van der Waals surface area (Å²) in [4.78, 5) is 26.0. The van der Waals surface area contributed by atoms with Gasteiger partial charge in [-0.15, -0.1) is 0 Å². The van der Waals surface area contributed by atoms with E-state index in [2.05, 4.69) is 25.1 Å². The maximum absolute atomic E-state index is 12.7. The molecule has 0 atom stereocenters. The van der Waals surface area contributed by atoms with Crippen molar-refractivity contribution < 1.29 is 4.79 Å². The minimum Gasteiger partial charge on any atom is -0.354 e. The molecule has 1 aliphatic heterocycles. The molecular formula is C18H29N5O. The summed E-state index contributed by atoms with van der Waals surface area (Å²) in [7, 11) is 0. The van der Waals surface area contributed by atoms with Gasteiger partial charge in [0.05, 0.1) is 0 Å². The van der Waals surface area contributed by atoms with E-state index >= 15 is 0 Å². The van der Waals surface area contributed by atoms with Gasteiger partial charge >= 0.3 is 0 Å². The van der Waals surface area contributed by atoms with Crippen molar-refractivity contribution in [1.82, 2.24) is 14.9 Å². The van der Waals surface area contributed by atoms with Gasteiger partial charge in [-0.05, 0) is 26.7 Å². The van der Waals surface area contributed by atoms with Gasteiger partial charge in [0, 0.05) is 50.4 Å². The molecular weight excluding hydrogens is 302 g/mol. The molecule has 2 aliphatic rings. The van der Waals surface area contributed by atoms with Crippen molar-refractivity contribution in [3.8, 4) is 0 Å². The third-order valence-corrected chi connectivity index (χ3v) is 5.05. The topological polar surface area (TPSA) is 61.4 Å². The molecule has 0 bridgehead atoms. The molecule has 1 aromatic heterocycles. The van der Waals surface area contributed by atoms with Gasteiger partial charge in [-0.3, -0.25) is 4.79 Å². The number of hydrogen-bond donors (Lipinski definition) is 1. The van der Waals surface area contributed by atoms with E-state index in [0.717, 1.165) is 57.1 Å². The SMILES string of the molecule is CCNc1nc(C)cc(N2CCN(C(=O)C3CCCCC3)CC2)n1. The van der Waals surface area contributed by atoms with E-state index < -0.39 is 0 Å². The second-order valence-electron chi connectivity index (χ2n) is 6.87. The van der Waals surface area contributed by atoms with Crippen LogP contribution in [0.5, 0.6) is 0 Å². The third kappa shape index (κ3) is 3.97. The highest BCUT2D eigenvalue weighted by atomic mass is 16.2. The normalized spacial score (nSPS) is 19.4. The first kappa shape index (κ1) is 17.0. The second kappa shape index (κ2) is 7.81. The standard InChI is InChI=1S/C18H29N5O/c1-3-19-18-20-14(2)13-16(21-18)22-9-11-23(12-10-22)17(24)15-7-5-4-6-8-15/h13,15H,3-12H2,1-2H3,(H,19,20,21). The number of piperazine rings is 1. The van der Waals surface area contributed by atoms with Crippen molar-refractivity contribution in [1.29, 1.82) is 0 Å². The van der Waals surface area contributed by atoms with Crippen LogP contribution in [-0.4, -0.2) is 53.5 Å². The molecule has 1 amide bonds. The zero-order valence-corrected chi connectivity index (χ0v) is 14.9. The zero-order chi connectivity index (χ0) is 16.9. The van der Waals surface area contributed by atoms with Crippen LogP contribution in [0.25, 0.3) is 0 Å². The van der Waals surface area contributed by atoms with Gasteiger partial charge in [0.15, 0.2) is 0 Å². The van der Waals surface area contributed by atoms with Gasteiger partial charge in [-0.2, -0.15) is 4.98 Å². The van der Waals surface area contributed by atoms with Gasteiger partial charge in [-0.1, -0.05) is 19.3 Å². The quantitative estimate of drug-likeness (QED) is 0.918. The smallest absolute Gasteiger partial charge is 0.225 e. The van der Waals surface area contributed by atoms with Gasteiger partial charge in [0.1, 0.15) is 5.82 Å². The van der Waals surface area contributed by atoms with Crippen LogP contribution in [0.4, 0.5) is 11.8 Å². The van der Waals surface area contributed by atoms with E-state index in [4.69, 9.17) is 0 Å². The Balaban J connectivity index is 1.59. The number of hydrogen-bond acceptors (Lipinski definition) is 5. The number of aryl methyl sites for hydroxylation is 1. The van der Waals surface area contributed by atoms with E-state index in [-0.39, 0.29) is 5.92 Å². The summed E-state index contributed by atoms with van der Waals surface area (Å²) in [5.41, 5.74) is 0.969. The van der Waals surface area contributed by atoms with E-state index in [1.165, 1.54) is 19.3 Å². The largest absolute Gasteiger partial charge is 0.354 e. The molecule has 1 saturated carbocycles. The zero-order valence-electron chi connectivity index (χ0n) is 14.9. The molecule has 0 spiro atoms. The number of nitrogens with zero attached hydrogens (tertiary/aromatic N) is 4. The third-order valence-electron chi connectivity index (χ3n) is 5.05. The van der Waals surface area contributed by atoms with Crippen molar-refractivity contribution in [3.63, 3.8) is 0 Å². The molecule has 24 heavy (non-hydrogen) atoms. The lowest BCUT2D eigenvalue weighted by Gasteiger charge is -2.37. The molecule has 2 heterocycles. The summed E-state index contributed by atoms with van der Waals surface area (Å²) in [5.74, 6) is 2.30. The van der Waals surface area contributed by atoms with Gasteiger partial charge in [0.25, 0.3) is 0 Å². The Morgan fingerprint density at radius 3 is 2.54 bits per heavy atom. The first-order valence-electron chi connectivity index (χ1n) is 9.30. The molecule has 1 aromatic rings. The molecule has 2 fully saturated rings. The Morgan fingerprint density at radius 2 is 1.88 bits per heavy atom. The molecule has 0 aromatic carbocycles. The Hall–Kier alpha value is -1.85. The van der Waals surface area contributed by atoms with Crippen LogP contribution in [0.1, 0.15) is 44.7 Å². The predicted molar refractivity (Wildman–Crippen MR) is 96.3 cm³/mol. The molecule has 0 radical (unpaired) electrons. The summed E-state index contributed by atoms with van der Waals surface area (Å²) < 4.78 is 0. The molecule has 1 N–H and O–H groups in total. The Morgan fingerprint density at radius 1 is 1.17 bits per heavy atom. The van der Waals surface area contributed by atoms with Crippen LogP contribution >= 0.6 is 0 Å². The van der Waals surface area contributed by atoms with E-state index in [9.17, 15) is 4.79 Å². The van der Waals surface area contributed by atoms with Crippen molar-refractivity contribution in [3.05, 3.63) is 11.8 Å². The van der Waals surface area contributed by atoms with Crippen molar-refractivity contribution in [2.75, 3.05) is 42.9 Å². The number of nitrogens with one attached hydrogen (secondary N) is 1. The maximum atomic E-state index is 12.7. The lowest BCUT2D eigenvalue weighted by molar-refractivity contribution is -0.136. The van der Waals surface area contributed by atoms with Crippen LogP contribution in [0.2, 0.25) is 0 Å². The fourth-order valence-electron chi connectivity index (χ4n) is 3.71. The van der Waals surface area contributed by atoms with Crippen molar-refractivity contribution in [2.45, 2.75) is 46.0 Å². The Bertz CT molecular complexity index is 563. The minimum absolute atomic E-state index is 0.270. The molecule has 1 saturated heterocycles. The second-order valence-corrected chi connectivity index (χ2v) is 6.87. The summed E-state index contributed by atoms with van der Waals surface area (Å²) in [6, 6.07) is 2.03. The van der Waals surface area contributed by atoms with Crippen molar-refractivity contribution in [2.24, 2.45) is 5.92 Å². The first-order valence-corrected chi connectivity index (χ1v) is 9.30. The fourth-order valence-corrected chi connectivity index (χ4v) is 3.71. The summed E-state index contributed by atoms with van der Waals surface area (Å²) in [6.45, 7) is 8.15. The highest BCUT2D eigenvalue weighted by Crippen LogP contribution is 2.26. The number of amides is 1. The van der Waals surface area contributed by atoms with Crippen LogP contribution < -0.4 is 10.2 Å². The number of rotatable bonds is 4. The lowest BCUT2D eigenvalue weighted by Crippen LogP contribution is -2.50. The van der Waals surface area contributed by atoms with Crippen LogP contribution in [0, 0.1) is 12.8 Å². The van der Waals surface area contributed by atoms with Gasteiger partial charge < -0.3 is 15.1 Å². The maximum Gasteiger partial charge on any atom is 0.225 e. The van der Waals surface area contributed by atoms with Crippen molar-refractivity contribution >= 4 is 17.7 Å². The number of carbonyl (C=O) groups is 1. The number of aromatic nitrogens is 2. The summed E-state index contributed by atoms with van der Waals surface area (Å²) in [5, 5.41) is 3.18. The summed E-state index contributed by atoms with van der Waals surface area (Å²) >= 11 is 0. The molecule has 1 aliphatic carbocycles. The molecule has 0 unspecified atom stereocenters.